The SMILES string of the molecule is CC1(CNS(=O)(=O)c2cnc(N)nc2)CCCCC1. The average molecular weight is 284 g/mol. The number of hydrogen-bond donors (Lipinski definition) is 2. The van der Waals surface area contributed by atoms with E-state index in [0.29, 0.717) is 6.54 Å². The molecular weight excluding hydrogens is 264 g/mol. The molecule has 0 spiro atoms. The van der Waals surface area contributed by atoms with E-state index < -0.39 is 10.0 Å². The van der Waals surface area contributed by atoms with Crippen LogP contribution in [0, 0.1) is 5.41 Å². The van der Waals surface area contributed by atoms with Crippen LogP contribution in [0.4, 0.5) is 5.95 Å². The highest BCUT2D eigenvalue weighted by Gasteiger charge is 2.28. The van der Waals surface area contributed by atoms with Crippen molar-refractivity contribution in [1.29, 1.82) is 0 Å². The number of anilines is 1. The Morgan fingerprint density at radius 1 is 1.26 bits per heavy atom. The first-order valence-corrected chi connectivity index (χ1v) is 7.97. The van der Waals surface area contributed by atoms with Gasteiger partial charge in [-0.05, 0) is 18.3 Å². The highest BCUT2D eigenvalue weighted by atomic mass is 32.2. The molecule has 1 fully saturated rings. The smallest absolute Gasteiger partial charge is 0.243 e. The number of nitrogens with two attached hydrogens (primary N) is 1. The van der Waals surface area contributed by atoms with Gasteiger partial charge in [-0.25, -0.2) is 23.1 Å². The van der Waals surface area contributed by atoms with Gasteiger partial charge in [-0.3, -0.25) is 0 Å². The van der Waals surface area contributed by atoms with E-state index in [9.17, 15) is 8.42 Å². The van der Waals surface area contributed by atoms with Crippen LogP contribution in [-0.4, -0.2) is 24.9 Å². The van der Waals surface area contributed by atoms with E-state index in [1.807, 2.05) is 0 Å². The molecule has 0 atom stereocenters. The molecule has 0 aliphatic heterocycles. The Hall–Kier alpha value is -1.21. The standard InChI is InChI=1S/C12H20N4O2S/c1-12(5-3-2-4-6-12)9-16-19(17,18)10-7-14-11(13)15-8-10/h7-8,16H,2-6,9H2,1H3,(H2,13,14,15). The fourth-order valence-corrected chi connectivity index (χ4v) is 3.49. The first kappa shape index (κ1) is 14.2. The Labute approximate surface area is 113 Å². The maximum atomic E-state index is 12.1. The van der Waals surface area contributed by atoms with E-state index in [1.54, 1.807) is 0 Å². The lowest BCUT2D eigenvalue weighted by Crippen LogP contribution is -2.37. The Morgan fingerprint density at radius 2 is 1.84 bits per heavy atom. The number of hydrogen-bond acceptors (Lipinski definition) is 5. The van der Waals surface area contributed by atoms with Gasteiger partial charge < -0.3 is 5.73 Å². The van der Waals surface area contributed by atoms with Gasteiger partial charge in [0.2, 0.25) is 16.0 Å². The van der Waals surface area contributed by atoms with E-state index >= 15 is 0 Å². The second-order valence-corrected chi connectivity index (χ2v) is 7.24. The van der Waals surface area contributed by atoms with Crippen molar-refractivity contribution in [3.63, 3.8) is 0 Å². The molecule has 19 heavy (non-hydrogen) atoms. The zero-order valence-corrected chi connectivity index (χ0v) is 11.9. The summed E-state index contributed by atoms with van der Waals surface area (Å²) in [5.74, 6) is 0.0678. The van der Waals surface area contributed by atoms with Gasteiger partial charge in [0.1, 0.15) is 4.90 Å². The molecule has 0 radical (unpaired) electrons. The van der Waals surface area contributed by atoms with Crippen molar-refractivity contribution in [3.8, 4) is 0 Å². The van der Waals surface area contributed by atoms with Crippen molar-refractivity contribution >= 4 is 16.0 Å². The van der Waals surface area contributed by atoms with Crippen LogP contribution in [0.25, 0.3) is 0 Å². The van der Waals surface area contributed by atoms with Gasteiger partial charge in [0.25, 0.3) is 0 Å². The first-order chi connectivity index (χ1) is 8.91. The Morgan fingerprint density at radius 3 is 2.42 bits per heavy atom. The Bertz CT molecular complexity index is 521. The fourth-order valence-electron chi connectivity index (χ4n) is 2.40. The number of sulfonamides is 1. The summed E-state index contributed by atoms with van der Waals surface area (Å²) in [5, 5.41) is 0. The maximum absolute atomic E-state index is 12.1. The molecule has 3 N–H and O–H groups in total. The predicted molar refractivity (Wildman–Crippen MR) is 72.8 cm³/mol. The number of aromatic nitrogens is 2. The average Bonchev–Trinajstić information content (AvgIpc) is 2.38. The molecule has 106 valence electrons. The lowest BCUT2D eigenvalue weighted by atomic mass is 9.76. The Balaban J connectivity index is 2.03. The van der Waals surface area contributed by atoms with Crippen LogP contribution in [-0.2, 0) is 10.0 Å². The minimum absolute atomic E-state index is 0.0555. The zero-order valence-electron chi connectivity index (χ0n) is 11.1. The number of rotatable bonds is 4. The number of nitrogens with one attached hydrogen (secondary N) is 1. The second-order valence-electron chi connectivity index (χ2n) is 5.47. The zero-order chi connectivity index (χ0) is 13.9. The van der Waals surface area contributed by atoms with Gasteiger partial charge in [-0.2, -0.15) is 0 Å². The lowest BCUT2D eigenvalue weighted by Gasteiger charge is -2.33. The number of nitrogen functional groups attached to an aromatic ring is 1. The van der Waals surface area contributed by atoms with Gasteiger partial charge in [0.05, 0.1) is 12.4 Å². The highest BCUT2D eigenvalue weighted by molar-refractivity contribution is 7.89. The quantitative estimate of drug-likeness (QED) is 0.868. The van der Waals surface area contributed by atoms with Gasteiger partial charge in [0.15, 0.2) is 0 Å². The molecule has 0 unspecified atom stereocenters. The van der Waals surface area contributed by atoms with Crippen molar-refractivity contribution in [2.24, 2.45) is 5.41 Å². The molecule has 2 rings (SSSR count). The molecule has 0 saturated heterocycles. The van der Waals surface area contributed by atoms with Crippen LogP contribution in [0.2, 0.25) is 0 Å². The summed E-state index contributed by atoms with van der Waals surface area (Å²) in [5.41, 5.74) is 5.40. The second kappa shape index (κ2) is 5.42. The van der Waals surface area contributed by atoms with E-state index in [4.69, 9.17) is 5.73 Å². The van der Waals surface area contributed by atoms with E-state index in [0.717, 1.165) is 12.8 Å². The lowest BCUT2D eigenvalue weighted by molar-refractivity contribution is 0.219. The van der Waals surface area contributed by atoms with Crippen molar-refractivity contribution in [2.45, 2.75) is 43.9 Å². The van der Waals surface area contributed by atoms with Crippen LogP contribution >= 0.6 is 0 Å². The molecule has 1 aromatic rings. The van der Waals surface area contributed by atoms with E-state index in [1.165, 1.54) is 31.7 Å². The van der Waals surface area contributed by atoms with Crippen LogP contribution < -0.4 is 10.5 Å². The summed E-state index contributed by atoms with van der Waals surface area (Å²) >= 11 is 0. The Kier molecular flexibility index (Phi) is 4.05. The summed E-state index contributed by atoms with van der Waals surface area (Å²) in [7, 11) is -3.55. The van der Waals surface area contributed by atoms with Crippen molar-refractivity contribution in [1.82, 2.24) is 14.7 Å². The largest absolute Gasteiger partial charge is 0.368 e. The molecule has 1 aliphatic carbocycles. The van der Waals surface area contributed by atoms with Crippen LogP contribution in [0.3, 0.4) is 0 Å². The van der Waals surface area contributed by atoms with E-state index in [2.05, 4.69) is 21.6 Å². The van der Waals surface area contributed by atoms with Crippen molar-refractivity contribution in [3.05, 3.63) is 12.4 Å². The summed E-state index contributed by atoms with van der Waals surface area (Å²) in [4.78, 5) is 7.47. The molecule has 1 saturated carbocycles. The van der Waals surface area contributed by atoms with Crippen LogP contribution in [0.1, 0.15) is 39.0 Å². The summed E-state index contributed by atoms with van der Waals surface area (Å²) < 4.78 is 26.8. The van der Waals surface area contributed by atoms with Crippen molar-refractivity contribution in [2.75, 3.05) is 12.3 Å². The third-order valence-corrected chi connectivity index (χ3v) is 5.06. The monoisotopic (exact) mass is 284 g/mol. The normalized spacial score (nSPS) is 19.2. The third kappa shape index (κ3) is 3.63. The molecule has 1 heterocycles. The van der Waals surface area contributed by atoms with Crippen LogP contribution in [0.5, 0.6) is 0 Å². The molecular formula is C12H20N4O2S. The molecule has 6 nitrogen and oxygen atoms in total. The first-order valence-electron chi connectivity index (χ1n) is 6.49. The fraction of sp³-hybridized carbons (Fsp3) is 0.667. The van der Waals surface area contributed by atoms with Gasteiger partial charge >= 0.3 is 0 Å². The topological polar surface area (TPSA) is 98.0 Å². The summed E-state index contributed by atoms with van der Waals surface area (Å²) in [6.45, 7) is 2.59. The molecule has 7 heteroatoms. The highest BCUT2D eigenvalue weighted by Crippen LogP contribution is 2.35. The van der Waals surface area contributed by atoms with Gasteiger partial charge in [0, 0.05) is 6.54 Å². The van der Waals surface area contributed by atoms with E-state index in [-0.39, 0.29) is 16.3 Å². The van der Waals surface area contributed by atoms with Gasteiger partial charge in [-0.15, -0.1) is 0 Å². The maximum Gasteiger partial charge on any atom is 0.243 e. The molecule has 1 aliphatic rings. The molecule has 1 aromatic heterocycles. The third-order valence-electron chi connectivity index (χ3n) is 3.71. The van der Waals surface area contributed by atoms with Gasteiger partial charge in [-0.1, -0.05) is 26.2 Å². The molecule has 0 bridgehead atoms. The summed E-state index contributed by atoms with van der Waals surface area (Å²) in [6.07, 6.45) is 8.17. The van der Waals surface area contributed by atoms with Crippen LogP contribution in [0.15, 0.2) is 17.3 Å². The molecule has 0 amide bonds. The molecule has 0 aromatic carbocycles. The van der Waals surface area contributed by atoms with Crippen molar-refractivity contribution < 1.29 is 8.42 Å². The minimum atomic E-state index is -3.55. The minimum Gasteiger partial charge on any atom is -0.368 e. The number of nitrogens with zero attached hydrogens (tertiary/aromatic N) is 2. The summed E-state index contributed by atoms with van der Waals surface area (Å²) in [6, 6.07) is 0. The predicted octanol–water partition coefficient (Wildman–Crippen LogP) is 1.31.